The number of benzene rings is 1. The molecule has 0 unspecified atom stereocenters. The van der Waals surface area contributed by atoms with Gasteiger partial charge in [0.15, 0.2) is 0 Å². The summed E-state index contributed by atoms with van der Waals surface area (Å²) in [6, 6.07) is 8.89. The van der Waals surface area contributed by atoms with Crippen molar-refractivity contribution in [3.05, 3.63) is 29.8 Å². The molecule has 2 amide bonds. The van der Waals surface area contributed by atoms with E-state index in [9.17, 15) is 9.59 Å². The van der Waals surface area contributed by atoms with Crippen LogP contribution in [0.25, 0.3) is 0 Å². The monoisotopic (exact) mass is 289 g/mol. The van der Waals surface area contributed by atoms with E-state index in [0.29, 0.717) is 24.1 Å². The Hall–Kier alpha value is -2.39. The largest absolute Gasteiger partial charge is 0.325 e. The molecular formula is C15H19N3O3. The molecule has 1 rings (SSSR count). The van der Waals surface area contributed by atoms with Crippen molar-refractivity contribution in [2.75, 3.05) is 5.32 Å². The average molecular weight is 289 g/mol. The third-order valence-corrected chi connectivity index (χ3v) is 3.00. The maximum absolute atomic E-state index is 11.8. The number of amides is 2. The fraction of sp³-hybridized carbons (Fsp3) is 0.400. The summed E-state index contributed by atoms with van der Waals surface area (Å²) in [4.78, 5) is 22.5. The zero-order chi connectivity index (χ0) is 15.5. The molecule has 6 heteroatoms. The Morgan fingerprint density at radius 1 is 1.05 bits per heavy atom. The molecule has 0 aliphatic heterocycles. The highest BCUT2D eigenvalue weighted by molar-refractivity contribution is 5.92. The molecule has 1 aromatic carbocycles. The Balaban J connectivity index is 2.20. The van der Waals surface area contributed by atoms with Crippen LogP contribution in [0.15, 0.2) is 24.3 Å². The summed E-state index contributed by atoms with van der Waals surface area (Å²) in [6.45, 7) is 0. The van der Waals surface area contributed by atoms with Crippen molar-refractivity contribution in [1.29, 1.82) is 5.26 Å². The molecule has 0 saturated carbocycles. The minimum atomic E-state index is -0.388. The first kappa shape index (κ1) is 16.7. The van der Waals surface area contributed by atoms with Gasteiger partial charge >= 0.3 is 0 Å². The van der Waals surface area contributed by atoms with Crippen LogP contribution in [-0.4, -0.2) is 17.0 Å². The molecule has 0 saturated heterocycles. The number of nitrogens with one attached hydrogen (secondary N) is 2. The molecule has 0 aliphatic carbocycles. The van der Waals surface area contributed by atoms with Gasteiger partial charge in [0.1, 0.15) is 6.07 Å². The van der Waals surface area contributed by atoms with Gasteiger partial charge in [0.2, 0.25) is 11.8 Å². The van der Waals surface area contributed by atoms with E-state index in [1.807, 2.05) is 6.07 Å². The number of hydroxylamine groups is 1. The summed E-state index contributed by atoms with van der Waals surface area (Å²) in [5, 5.41) is 20.0. The molecule has 6 nitrogen and oxygen atoms in total. The number of rotatable bonds is 8. The van der Waals surface area contributed by atoms with Gasteiger partial charge in [-0.05, 0) is 25.0 Å². The third kappa shape index (κ3) is 6.54. The van der Waals surface area contributed by atoms with Crippen LogP contribution in [-0.2, 0) is 9.59 Å². The predicted octanol–water partition coefficient (Wildman–Crippen LogP) is 2.34. The van der Waals surface area contributed by atoms with Gasteiger partial charge in [0.05, 0.1) is 11.3 Å². The zero-order valence-corrected chi connectivity index (χ0v) is 11.8. The third-order valence-electron chi connectivity index (χ3n) is 3.00. The molecule has 1 aromatic rings. The quantitative estimate of drug-likeness (QED) is 0.388. The topological polar surface area (TPSA) is 102 Å². The highest BCUT2D eigenvalue weighted by atomic mass is 16.5. The molecule has 0 bridgehead atoms. The number of nitrogens with zero attached hydrogens (tertiary/aromatic N) is 1. The molecular weight excluding hydrogens is 270 g/mol. The van der Waals surface area contributed by atoms with Crippen molar-refractivity contribution in [2.45, 2.75) is 38.5 Å². The predicted molar refractivity (Wildman–Crippen MR) is 77.4 cm³/mol. The fourth-order valence-corrected chi connectivity index (χ4v) is 1.88. The van der Waals surface area contributed by atoms with Crippen molar-refractivity contribution < 1.29 is 14.8 Å². The summed E-state index contributed by atoms with van der Waals surface area (Å²) < 4.78 is 0. The van der Waals surface area contributed by atoms with Gasteiger partial charge in [-0.3, -0.25) is 14.8 Å². The molecule has 0 heterocycles. The SMILES string of the molecule is N#Cc1ccccc1NC(=O)CCCCCCC(=O)NO. The van der Waals surface area contributed by atoms with E-state index in [1.54, 1.807) is 29.7 Å². The Morgan fingerprint density at radius 2 is 1.67 bits per heavy atom. The molecule has 3 N–H and O–H groups in total. The molecule has 21 heavy (non-hydrogen) atoms. The van der Waals surface area contributed by atoms with E-state index < -0.39 is 0 Å². The van der Waals surface area contributed by atoms with Crippen LogP contribution in [0.5, 0.6) is 0 Å². The van der Waals surface area contributed by atoms with Crippen molar-refractivity contribution >= 4 is 17.5 Å². The summed E-state index contributed by atoms with van der Waals surface area (Å²) in [5.41, 5.74) is 2.56. The van der Waals surface area contributed by atoms with Crippen LogP contribution < -0.4 is 10.8 Å². The van der Waals surface area contributed by atoms with Crippen molar-refractivity contribution in [2.24, 2.45) is 0 Å². The Morgan fingerprint density at radius 3 is 2.29 bits per heavy atom. The number of para-hydroxylation sites is 1. The lowest BCUT2D eigenvalue weighted by Crippen LogP contribution is -2.17. The van der Waals surface area contributed by atoms with Crippen LogP contribution in [0.3, 0.4) is 0 Å². The maximum Gasteiger partial charge on any atom is 0.243 e. The number of anilines is 1. The van der Waals surface area contributed by atoms with Gasteiger partial charge in [-0.1, -0.05) is 25.0 Å². The van der Waals surface area contributed by atoms with Gasteiger partial charge in [-0.2, -0.15) is 5.26 Å². The van der Waals surface area contributed by atoms with E-state index in [4.69, 9.17) is 10.5 Å². The van der Waals surface area contributed by atoms with Gasteiger partial charge in [-0.15, -0.1) is 0 Å². The first-order valence-corrected chi connectivity index (χ1v) is 6.89. The van der Waals surface area contributed by atoms with Crippen molar-refractivity contribution in [3.8, 4) is 6.07 Å². The van der Waals surface area contributed by atoms with E-state index >= 15 is 0 Å². The number of hydrogen-bond acceptors (Lipinski definition) is 4. The van der Waals surface area contributed by atoms with Crippen LogP contribution >= 0.6 is 0 Å². The fourth-order valence-electron chi connectivity index (χ4n) is 1.88. The summed E-state index contributed by atoms with van der Waals surface area (Å²) in [5.74, 6) is -0.508. The average Bonchev–Trinajstić information content (AvgIpc) is 2.50. The second-order valence-corrected chi connectivity index (χ2v) is 4.65. The van der Waals surface area contributed by atoms with Crippen molar-refractivity contribution in [1.82, 2.24) is 5.48 Å². The normalized spacial score (nSPS) is 9.71. The molecule has 0 fully saturated rings. The summed E-state index contributed by atoms with van der Waals surface area (Å²) in [7, 11) is 0. The van der Waals surface area contributed by atoms with Crippen LogP contribution in [0.1, 0.15) is 44.1 Å². The minimum Gasteiger partial charge on any atom is -0.325 e. The molecule has 0 spiro atoms. The first-order valence-electron chi connectivity index (χ1n) is 6.89. The molecule has 0 atom stereocenters. The smallest absolute Gasteiger partial charge is 0.243 e. The number of nitriles is 1. The Labute approximate surface area is 123 Å². The van der Waals surface area contributed by atoms with E-state index in [1.165, 1.54) is 0 Å². The van der Waals surface area contributed by atoms with Gasteiger partial charge in [0.25, 0.3) is 0 Å². The van der Waals surface area contributed by atoms with Gasteiger partial charge < -0.3 is 5.32 Å². The highest BCUT2D eigenvalue weighted by Crippen LogP contribution is 2.14. The molecule has 0 aromatic heterocycles. The summed E-state index contributed by atoms with van der Waals surface area (Å²) >= 11 is 0. The lowest BCUT2D eigenvalue weighted by Gasteiger charge is -2.06. The van der Waals surface area contributed by atoms with E-state index in [0.717, 1.165) is 19.3 Å². The van der Waals surface area contributed by atoms with Crippen molar-refractivity contribution in [3.63, 3.8) is 0 Å². The second kappa shape index (κ2) is 9.50. The second-order valence-electron chi connectivity index (χ2n) is 4.65. The van der Waals surface area contributed by atoms with Crippen LogP contribution in [0, 0.1) is 11.3 Å². The Kier molecular flexibility index (Phi) is 7.54. The van der Waals surface area contributed by atoms with Crippen LogP contribution in [0.4, 0.5) is 5.69 Å². The van der Waals surface area contributed by atoms with Gasteiger partial charge in [0, 0.05) is 12.8 Å². The minimum absolute atomic E-state index is 0.120. The molecule has 0 radical (unpaired) electrons. The van der Waals surface area contributed by atoms with E-state index in [2.05, 4.69) is 5.32 Å². The number of carbonyl (C=O) groups is 2. The standard InChI is InChI=1S/C15H19N3O3/c16-11-12-7-5-6-8-13(12)17-14(19)9-3-1-2-4-10-15(20)18-21/h5-8,21H,1-4,9-10H2,(H,17,19)(H,18,20). The molecule has 112 valence electrons. The van der Waals surface area contributed by atoms with E-state index in [-0.39, 0.29) is 18.2 Å². The number of hydrogen-bond donors (Lipinski definition) is 3. The number of unbranched alkanes of at least 4 members (excludes halogenated alkanes) is 3. The number of carbonyl (C=O) groups excluding carboxylic acids is 2. The highest BCUT2D eigenvalue weighted by Gasteiger charge is 2.06. The zero-order valence-electron chi connectivity index (χ0n) is 11.8. The molecule has 0 aliphatic rings. The first-order chi connectivity index (χ1) is 10.2. The lowest BCUT2D eigenvalue weighted by molar-refractivity contribution is -0.129. The van der Waals surface area contributed by atoms with Gasteiger partial charge in [-0.25, -0.2) is 5.48 Å². The lowest BCUT2D eigenvalue weighted by atomic mass is 10.1. The maximum atomic E-state index is 11.8. The summed E-state index contributed by atoms with van der Waals surface area (Å²) in [6.07, 6.45) is 3.75. The Bertz CT molecular complexity index is 523. The van der Waals surface area contributed by atoms with Crippen LogP contribution in [0.2, 0.25) is 0 Å².